The smallest absolute Gasteiger partial charge is 0.101 e. The van der Waals surface area contributed by atoms with Gasteiger partial charge in [-0.05, 0) is 23.5 Å². The van der Waals surface area contributed by atoms with Gasteiger partial charge < -0.3 is 0 Å². The van der Waals surface area contributed by atoms with Crippen LogP contribution in [0.1, 0.15) is 27.2 Å². The summed E-state index contributed by atoms with van der Waals surface area (Å²) in [6.45, 7) is 6.30. The van der Waals surface area contributed by atoms with Crippen molar-refractivity contribution in [3.05, 3.63) is 34.9 Å². The minimum Gasteiger partial charge on any atom is -0.192 e. The highest BCUT2D eigenvalue weighted by Gasteiger charge is 2.18. The molecular formula is C13H14N2. The van der Waals surface area contributed by atoms with Crippen molar-refractivity contribution in [3.63, 3.8) is 0 Å². The van der Waals surface area contributed by atoms with E-state index in [0.717, 1.165) is 12.0 Å². The molecule has 0 aromatic rings. The summed E-state index contributed by atoms with van der Waals surface area (Å²) in [6, 6.07) is 4.13. The Morgan fingerprint density at radius 2 is 1.67 bits per heavy atom. The van der Waals surface area contributed by atoms with Gasteiger partial charge in [0.1, 0.15) is 12.1 Å². The molecule has 0 unspecified atom stereocenters. The Kier molecular flexibility index (Phi) is 3.12. The third-order valence-corrected chi connectivity index (χ3v) is 2.36. The second kappa shape index (κ2) is 4.15. The first-order chi connectivity index (χ1) is 6.99. The molecule has 76 valence electrons. The van der Waals surface area contributed by atoms with E-state index in [0.29, 0.717) is 11.1 Å². The highest BCUT2D eigenvalue weighted by atomic mass is 14.3. The van der Waals surface area contributed by atoms with Crippen LogP contribution >= 0.6 is 0 Å². The van der Waals surface area contributed by atoms with Crippen LogP contribution in [0.5, 0.6) is 0 Å². The van der Waals surface area contributed by atoms with Crippen molar-refractivity contribution < 1.29 is 0 Å². The van der Waals surface area contributed by atoms with Crippen LogP contribution in [0.4, 0.5) is 0 Å². The van der Waals surface area contributed by atoms with Gasteiger partial charge in [0.05, 0.1) is 11.1 Å². The summed E-state index contributed by atoms with van der Waals surface area (Å²) >= 11 is 0. The van der Waals surface area contributed by atoms with Gasteiger partial charge in [0, 0.05) is 0 Å². The van der Waals surface area contributed by atoms with E-state index in [2.05, 4.69) is 39.0 Å². The SMILES string of the molecule is CC(C)(C)C1=CCC=C(C#N)C(C#N)=C1. The molecule has 0 atom stereocenters. The molecule has 0 bridgehead atoms. The number of nitriles is 2. The molecular weight excluding hydrogens is 184 g/mol. The normalized spacial score (nSPS) is 16.5. The molecule has 1 aliphatic carbocycles. The van der Waals surface area contributed by atoms with Gasteiger partial charge in [0.2, 0.25) is 0 Å². The van der Waals surface area contributed by atoms with E-state index in [1.807, 2.05) is 6.08 Å². The zero-order valence-electron chi connectivity index (χ0n) is 9.33. The summed E-state index contributed by atoms with van der Waals surface area (Å²) in [6.07, 6.45) is 6.41. The van der Waals surface area contributed by atoms with Crippen molar-refractivity contribution in [2.24, 2.45) is 5.41 Å². The summed E-state index contributed by atoms with van der Waals surface area (Å²) in [5.41, 5.74) is 2.07. The third kappa shape index (κ3) is 2.58. The number of allylic oxidation sites excluding steroid dienone is 6. The molecule has 0 aliphatic heterocycles. The molecule has 1 aliphatic rings. The predicted octanol–water partition coefficient (Wildman–Crippen LogP) is 3.26. The summed E-state index contributed by atoms with van der Waals surface area (Å²) in [4.78, 5) is 0. The van der Waals surface area contributed by atoms with Crippen LogP contribution < -0.4 is 0 Å². The second-order valence-electron chi connectivity index (χ2n) is 4.54. The maximum atomic E-state index is 8.96. The number of hydrogen-bond acceptors (Lipinski definition) is 2. The molecule has 0 amide bonds. The lowest BCUT2D eigenvalue weighted by Gasteiger charge is -2.20. The van der Waals surface area contributed by atoms with Crippen LogP contribution in [0.25, 0.3) is 0 Å². The van der Waals surface area contributed by atoms with Gasteiger partial charge in [-0.25, -0.2) is 0 Å². The first kappa shape index (κ1) is 11.3. The van der Waals surface area contributed by atoms with Gasteiger partial charge in [-0.2, -0.15) is 10.5 Å². The van der Waals surface area contributed by atoms with Gasteiger partial charge in [-0.1, -0.05) is 32.9 Å². The Labute approximate surface area is 90.8 Å². The number of hydrogen-bond donors (Lipinski definition) is 0. The number of rotatable bonds is 0. The molecule has 0 saturated carbocycles. The van der Waals surface area contributed by atoms with Crippen LogP contribution in [0.15, 0.2) is 34.9 Å². The molecule has 0 fully saturated rings. The first-order valence-corrected chi connectivity index (χ1v) is 4.92. The van der Waals surface area contributed by atoms with Crippen molar-refractivity contribution >= 4 is 0 Å². The molecule has 15 heavy (non-hydrogen) atoms. The average Bonchev–Trinajstić information content (AvgIpc) is 2.37. The van der Waals surface area contributed by atoms with Gasteiger partial charge in [0.25, 0.3) is 0 Å². The Morgan fingerprint density at radius 1 is 1.07 bits per heavy atom. The van der Waals surface area contributed by atoms with Crippen LogP contribution in [-0.4, -0.2) is 0 Å². The van der Waals surface area contributed by atoms with Crippen LogP contribution in [0, 0.1) is 28.1 Å². The van der Waals surface area contributed by atoms with Gasteiger partial charge in [-0.15, -0.1) is 0 Å². The molecule has 0 aromatic heterocycles. The Morgan fingerprint density at radius 3 is 2.13 bits per heavy atom. The highest BCUT2D eigenvalue weighted by Crippen LogP contribution is 2.30. The minimum absolute atomic E-state index is 0.0147. The van der Waals surface area contributed by atoms with Gasteiger partial charge in [-0.3, -0.25) is 0 Å². The van der Waals surface area contributed by atoms with E-state index in [-0.39, 0.29) is 5.41 Å². The Hall–Kier alpha value is -1.80. The maximum Gasteiger partial charge on any atom is 0.101 e. The van der Waals surface area contributed by atoms with E-state index in [1.54, 1.807) is 6.08 Å². The standard InChI is InChI=1S/C13H14N2/c1-13(2,3)12-6-4-5-10(8-14)11(7-12)9-15/h5-7H,4H2,1-3H3. The second-order valence-corrected chi connectivity index (χ2v) is 4.54. The topological polar surface area (TPSA) is 47.6 Å². The lowest BCUT2D eigenvalue weighted by atomic mass is 9.85. The van der Waals surface area contributed by atoms with Crippen molar-refractivity contribution in [3.8, 4) is 12.1 Å². The van der Waals surface area contributed by atoms with Crippen LogP contribution in [0.2, 0.25) is 0 Å². The number of nitrogens with zero attached hydrogens (tertiary/aromatic N) is 2. The third-order valence-electron chi connectivity index (χ3n) is 2.36. The van der Waals surface area contributed by atoms with E-state index in [1.165, 1.54) is 0 Å². The summed E-state index contributed by atoms with van der Waals surface area (Å²) < 4.78 is 0. The minimum atomic E-state index is 0.0147. The zero-order chi connectivity index (χ0) is 11.5. The van der Waals surface area contributed by atoms with Crippen LogP contribution in [0.3, 0.4) is 0 Å². The van der Waals surface area contributed by atoms with E-state index in [4.69, 9.17) is 10.5 Å². The highest BCUT2D eigenvalue weighted by molar-refractivity contribution is 5.55. The monoisotopic (exact) mass is 198 g/mol. The molecule has 1 rings (SSSR count). The van der Waals surface area contributed by atoms with Crippen molar-refractivity contribution in [2.45, 2.75) is 27.2 Å². The summed E-state index contributed by atoms with van der Waals surface area (Å²) in [7, 11) is 0. The van der Waals surface area contributed by atoms with E-state index < -0.39 is 0 Å². The lowest BCUT2D eigenvalue weighted by Crippen LogP contribution is -2.07. The average molecular weight is 198 g/mol. The maximum absolute atomic E-state index is 8.96. The summed E-state index contributed by atoms with van der Waals surface area (Å²) in [5.74, 6) is 0. The Balaban J connectivity index is 3.19. The van der Waals surface area contributed by atoms with Crippen LogP contribution in [-0.2, 0) is 0 Å². The molecule has 0 spiro atoms. The molecule has 0 heterocycles. The van der Waals surface area contributed by atoms with Crippen molar-refractivity contribution in [1.82, 2.24) is 0 Å². The fourth-order valence-electron chi connectivity index (χ4n) is 1.43. The van der Waals surface area contributed by atoms with E-state index >= 15 is 0 Å². The quantitative estimate of drug-likeness (QED) is 0.599. The zero-order valence-corrected chi connectivity index (χ0v) is 9.33. The fraction of sp³-hybridized carbons (Fsp3) is 0.385. The lowest BCUT2D eigenvalue weighted by molar-refractivity contribution is 0.515. The molecule has 0 saturated heterocycles. The van der Waals surface area contributed by atoms with Gasteiger partial charge in [0.15, 0.2) is 0 Å². The molecule has 2 heteroatoms. The molecule has 0 N–H and O–H groups in total. The summed E-state index contributed by atoms with van der Waals surface area (Å²) in [5, 5.41) is 17.8. The predicted molar refractivity (Wildman–Crippen MR) is 59.5 cm³/mol. The largest absolute Gasteiger partial charge is 0.192 e. The van der Waals surface area contributed by atoms with Crippen molar-refractivity contribution in [2.75, 3.05) is 0 Å². The first-order valence-electron chi connectivity index (χ1n) is 4.92. The molecule has 0 aromatic carbocycles. The van der Waals surface area contributed by atoms with Gasteiger partial charge >= 0.3 is 0 Å². The fourth-order valence-corrected chi connectivity index (χ4v) is 1.43. The van der Waals surface area contributed by atoms with Crippen molar-refractivity contribution in [1.29, 1.82) is 10.5 Å². The molecule has 2 nitrogen and oxygen atoms in total. The van der Waals surface area contributed by atoms with E-state index in [9.17, 15) is 0 Å². The molecule has 0 radical (unpaired) electrons. The Bertz CT molecular complexity index is 429.